The molecule has 2 atom stereocenters. The molecule has 1 aromatic carbocycles. The lowest BCUT2D eigenvalue weighted by Crippen LogP contribution is -2.20. The van der Waals surface area contributed by atoms with Crippen molar-refractivity contribution in [3.8, 4) is 11.5 Å². The highest BCUT2D eigenvalue weighted by atomic mass is 19.3. The van der Waals surface area contributed by atoms with Crippen LogP contribution in [0.4, 0.5) is 8.78 Å². The maximum absolute atomic E-state index is 12.7. The van der Waals surface area contributed by atoms with E-state index in [-0.39, 0.29) is 6.10 Å². The Hall–Kier alpha value is -1.36. The quantitative estimate of drug-likeness (QED) is 0.902. The summed E-state index contributed by atoms with van der Waals surface area (Å²) in [4.78, 5) is 0. The van der Waals surface area contributed by atoms with Crippen molar-refractivity contribution in [2.45, 2.75) is 38.8 Å². The van der Waals surface area contributed by atoms with Gasteiger partial charge in [-0.2, -0.15) is 0 Å². The van der Waals surface area contributed by atoms with Gasteiger partial charge in [-0.15, -0.1) is 0 Å². The number of fused-ring (bicyclic) bond motifs is 1. The molecule has 0 bridgehead atoms. The number of benzene rings is 1. The second-order valence-corrected chi connectivity index (χ2v) is 4.42. The molecule has 100 valence electrons. The topological polar surface area (TPSA) is 44.5 Å². The molecule has 18 heavy (non-hydrogen) atoms. The minimum Gasteiger partial charge on any atom is -0.494 e. The number of hydrogen-bond donors (Lipinski definition) is 1. The fourth-order valence-electron chi connectivity index (χ4n) is 2.13. The van der Waals surface area contributed by atoms with E-state index >= 15 is 0 Å². The van der Waals surface area contributed by atoms with Crippen LogP contribution in [-0.4, -0.2) is 19.1 Å². The fraction of sp³-hybridized carbons (Fsp3) is 0.538. The Morgan fingerprint density at radius 1 is 1.50 bits per heavy atom. The van der Waals surface area contributed by atoms with E-state index in [1.807, 2.05) is 13.8 Å². The molecule has 0 amide bonds. The van der Waals surface area contributed by atoms with Crippen LogP contribution in [0.5, 0.6) is 11.5 Å². The summed E-state index contributed by atoms with van der Waals surface area (Å²) in [5, 5.41) is 0. The van der Waals surface area contributed by atoms with Crippen LogP contribution < -0.4 is 15.2 Å². The Balaban J connectivity index is 2.41. The lowest BCUT2D eigenvalue weighted by Gasteiger charge is -2.17. The first kappa shape index (κ1) is 13.1. The molecular formula is C13H17F2NO2. The standard InChI is InChI=1S/C13H17F2NO2/c1-3-17-11-5-8-4-7(2)18-10(8)6-9(11)12(16)13(14)15/h5-7,12-13H,3-4,16H2,1-2H3. The molecule has 1 aliphatic heterocycles. The molecule has 3 nitrogen and oxygen atoms in total. The van der Waals surface area contributed by atoms with Crippen molar-refractivity contribution in [1.29, 1.82) is 0 Å². The molecule has 1 heterocycles. The molecule has 0 saturated heterocycles. The van der Waals surface area contributed by atoms with Gasteiger partial charge in [0.05, 0.1) is 12.6 Å². The monoisotopic (exact) mass is 257 g/mol. The Kier molecular flexibility index (Phi) is 3.71. The first-order valence-electron chi connectivity index (χ1n) is 6.03. The Morgan fingerprint density at radius 3 is 2.83 bits per heavy atom. The minimum atomic E-state index is -2.62. The molecule has 2 N–H and O–H groups in total. The van der Waals surface area contributed by atoms with Crippen LogP contribution in [0.25, 0.3) is 0 Å². The normalized spacial score (nSPS) is 19.6. The van der Waals surface area contributed by atoms with Gasteiger partial charge in [-0.05, 0) is 26.0 Å². The summed E-state index contributed by atoms with van der Waals surface area (Å²) < 4.78 is 36.4. The molecule has 0 fully saturated rings. The highest BCUT2D eigenvalue weighted by Crippen LogP contribution is 2.38. The van der Waals surface area contributed by atoms with Gasteiger partial charge in [-0.25, -0.2) is 8.78 Å². The third-order valence-corrected chi connectivity index (χ3v) is 2.96. The van der Waals surface area contributed by atoms with Gasteiger partial charge in [0, 0.05) is 17.5 Å². The third-order valence-electron chi connectivity index (χ3n) is 2.96. The van der Waals surface area contributed by atoms with Crippen molar-refractivity contribution in [3.05, 3.63) is 23.3 Å². The highest BCUT2D eigenvalue weighted by molar-refractivity contribution is 5.50. The zero-order valence-electron chi connectivity index (χ0n) is 10.5. The average Bonchev–Trinajstić information content (AvgIpc) is 2.66. The molecule has 0 spiro atoms. The number of ether oxygens (including phenoxy) is 2. The number of rotatable bonds is 4. The van der Waals surface area contributed by atoms with Crippen molar-refractivity contribution >= 4 is 0 Å². The first-order chi connectivity index (χ1) is 8.52. The molecule has 1 aliphatic rings. The molecule has 0 aliphatic carbocycles. The molecule has 0 saturated carbocycles. The largest absolute Gasteiger partial charge is 0.494 e. The van der Waals surface area contributed by atoms with Gasteiger partial charge in [0.15, 0.2) is 0 Å². The van der Waals surface area contributed by atoms with Crippen LogP contribution in [0.2, 0.25) is 0 Å². The Morgan fingerprint density at radius 2 is 2.22 bits per heavy atom. The van der Waals surface area contributed by atoms with Gasteiger partial charge in [-0.3, -0.25) is 0 Å². The summed E-state index contributed by atoms with van der Waals surface area (Å²) in [6, 6.07) is 2.00. The van der Waals surface area contributed by atoms with E-state index in [0.717, 1.165) is 12.0 Å². The Bertz CT molecular complexity index is 437. The van der Waals surface area contributed by atoms with E-state index in [9.17, 15) is 8.78 Å². The van der Waals surface area contributed by atoms with Crippen LogP contribution in [-0.2, 0) is 6.42 Å². The molecule has 2 rings (SSSR count). The van der Waals surface area contributed by atoms with Gasteiger partial charge in [0.2, 0.25) is 0 Å². The second kappa shape index (κ2) is 5.10. The summed E-state index contributed by atoms with van der Waals surface area (Å²) in [5.74, 6) is 1.07. The van der Waals surface area contributed by atoms with Crippen LogP contribution in [0.3, 0.4) is 0 Å². The van der Waals surface area contributed by atoms with Gasteiger partial charge >= 0.3 is 0 Å². The lowest BCUT2D eigenvalue weighted by atomic mass is 10.0. The van der Waals surface area contributed by atoms with Crippen LogP contribution in [0.1, 0.15) is 31.0 Å². The number of alkyl halides is 2. The smallest absolute Gasteiger partial charge is 0.257 e. The maximum Gasteiger partial charge on any atom is 0.257 e. The molecule has 2 unspecified atom stereocenters. The Labute approximate surface area is 105 Å². The highest BCUT2D eigenvalue weighted by Gasteiger charge is 2.27. The van der Waals surface area contributed by atoms with Gasteiger partial charge in [-0.1, -0.05) is 0 Å². The van der Waals surface area contributed by atoms with Crippen molar-refractivity contribution < 1.29 is 18.3 Å². The molecule has 1 aromatic rings. The molecule has 0 aromatic heterocycles. The molecule has 5 heteroatoms. The van der Waals surface area contributed by atoms with E-state index in [0.29, 0.717) is 23.7 Å². The summed E-state index contributed by atoms with van der Waals surface area (Å²) >= 11 is 0. The van der Waals surface area contributed by atoms with Crippen LogP contribution >= 0.6 is 0 Å². The van der Waals surface area contributed by atoms with Crippen molar-refractivity contribution in [2.24, 2.45) is 5.73 Å². The summed E-state index contributed by atoms with van der Waals surface area (Å²) in [6.45, 7) is 4.16. The second-order valence-electron chi connectivity index (χ2n) is 4.42. The lowest BCUT2D eigenvalue weighted by molar-refractivity contribution is 0.114. The van der Waals surface area contributed by atoms with Crippen molar-refractivity contribution in [1.82, 2.24) is 0 Å². The van der Waals surface area contributed by atoms with E-state index in [2.05, 4.69) is 0 Å². The van der Waals surface area contributed by atoms with Gasteiger partial charge in [0.25, 0.3) is 6.43 Å². The summed E-state index contributed by atoms with van der Waals surface area (Å²) in [7, 11) is 0. The van der Waals surface area contributed by atoms with Crippen LogP contribution in [0.15, 0.2) is 12.1 Å². The SMILES string of the molecule is CCOc1cc2c(cc1C(N)C(F)F)OC(C)C2. The number of hydrogen-bond acceptors (Lipinski definition) is 3. The predicted molar refractivity (Wildman–Crippen MR) is 64.3 cm³/mol. The number of halogens is 2. The van der Waals surface area contributed by atoms with Crippen molar-refractivity contribution in [2.75, 3.05) is 6.61 Å². The maximum atomic E-state index is 12.7. The first-order valence-corrected chi connectivity index (χ1v) is 6.03. The van der Waals surface area contributed by atoms with E-state index < -0.39 is 12.5 Å². The van der Waals surface area contributed by atoms with Crippen molar-refractivity contribution in [3.63, 3.8) is 0 Å². The van der Waals surface area contributed by atoms with E-state index in [4.69, 9.17) is 15.2 Å². The van der Waals surface area contributed by atoms with E-state index in [1.165, 1.54) is 0 Å². The molecular weight excluding hydrogens is 240 g/mol. The van der Waals surface area contributed by atoms with Gasteiger partial charge < -0.3 is 15.2 Å². The predicted octanol–water partition coefficient (Wildman–Crippen LogP) is 2.67. The fourth-order valence-corrected chi connectivity index (χ4v) is 2.13. The van der Waals surface area contributed by atoms with E-state index in [1.54, 1.807) is 12.1 Å². The summed E-state index contributed by atoms with van der Waals surface area (Å²) in [5.41, 5.74) is 6.80. The third kappa shape index (κ3) is 2.41. The zero-order chi connectivity index (χ0) is 13.3. The zero-order valence-corrected chi connectivity index (χ0v) is 10.5. The summed E-state index contributed by atoms with van der Waals surface area (Å²) in [6.07, 6.45) is -1.80. The van der Waals surface area contributed by atoms with Gasteiger partial charge in [0.1, 0.15) is 17.6 Å². The molecule has 0 radical (unpaired) electrons. The minimum absolute atomic E-state index is 0.0625. The average molecular weight is 257 g/mol. The van der Waals surface area contributed by atoms with Crippen LogP contribution in [0, 0.1) is 0 Å². The number of nitrogens with two attached hydrogens (primary N) is 1.